The Kier molecular flexibility index (Phi) is 5.30. The van der Waals surface area contributed by atoms with E-state index < -0.39 is 0 Å². The van der Waals surface area contributed by atoms with Crippen LogP contribution in [0.5, 0.6) is 0 Å². The quantitative estimate of drug-likeness (QED) is 0.853. The van der Waals surface area contributed by atoms with Crippen LogP contribution in [0.15, 0.2) is 5.51 Å². The highest BCUT2D eigenvalue weighted by Crippen LogP contribution is 2.36. The van der Waals surface area contributed by atoms with Crippen molar-refractivity contribution in [2.45, 2.75) is 51.4 Å². The smallest absolute Gasteiger partial charge is 0.265 e. The second kappa shape index (κ2) is 7.43. The molecule has 6 heteroatoms. The standard InChI is InChI=1S/C17H25N3O2S/c1-2-14(21)19-8-5-9-20(11-10-19)17(22)16-15(18-12-23-16)13-6-3-4-7-13/h12-13H,2-11H2,1H3. The van der Waals surface area contributed by atoms with Gasteiger partial charge in [-0.25, -0.2) is 4.98 Å². The molecule has 0 atom stereocenters. The monoisotopic (exact) mass is 335 g/mol. The van der Waals surface area contributed by atoms with Gasteiger partial charge in [0.15, 0.2) is 0 Å². The second-order valence-corrected chi connectivity index (χ2v) is 7.28. The number of hydrogen-bond donors (Lipinski definition) is 0. The van der Waals surface area contributed by atoms with Crippen LogP contribution < -0.4 is 0 Å². The van der Waals surface area contributed by atoms with Crippen molar-refractivity contribution in [3.05, 3.63) is 16.1 Å². The molecule has 1 aliphatic heterocycles. The zero-order chi connectivity index (χ0) is 16.2. The van der Waals surface area contributed by atoms with Crippen LogP contribution in [-0.4, -0.2) is 52.8 Å². The molecule has 2 heterocycles. The molecule has 1 aromatic heterocycles. The summed E-state index contributed by atoms with van der Waals surface area (Å²) in [6, 6.07) is 0. The summed E-state index contributed by atoms with van der Waals surface area (Å²) in [6.45, 7) is 4.66. The third kappa shape index (κ3) is 3.57. The number of carbonyl (C=O) groups is 2. The van der Waals surface area contributed by atoms with Crippen molar-refractivity contribution in [1.82, 2.24) is 14.8 Å². The van der Waals surface area contributed by atoms with Gasteiger partial charge in [0, 0.05) is 38.5 Å². The van der Waals surface area contributed by atoms with Crippen LogP contribution in [-0.2, 0) is 4.79 Å². The Morgan fingerprint density at radius 1 is 1.13 bits per heavy atom. The fraction of sp³-hybridized carbons (Fsp3) is 0.706. The average Bonchev–Trinajstić information content (AvgIpc) is 3.20. The van der Waals surface area contributed by atoms with Crippen LogP contribution in [0.25, 0.3) is 0 Å². The van der Waals surface area contributed by atoms with E-state index in [2.05, 4.69) is 4.98 Å². The molecule has 2 fully saturated rings. The molecule has 3 rings (SSSR count). The molecule has 0 unspecified atom stereocenters. The minimum atomic E-state index is 0.111. The van der Waals surface area contributed by atoms with Gasteiger partial charge in [-0.05, 0) is 19.3 Å². The number of nitrogens with zero attached hydrogens (tertiary/aromatic N) is 3. The van der Waals surface area contributed by atoms with Crippen LogP contribution in [0.2, 0.25) is 0 Å². The van der Waals surface area contributed by atoms with Gasteiger partial charge < -0.3 is 9.80 Å². The number of thiazole rings is 1. The van der Waals surface area contributed by atoms with Gasteiger partial charge in [0.2, 0.25) is 5.91 Å². The van der Waals surface area contributed by atoms with Gasteiger partial charge in [-0.2, -0.15) is 0 Å². The van der Waals surface area contributed by atoms with E-state index in [1.165, 1.54) is 24.2 Å². The Labute approximate surface area is 141 Å². The summed E-state index contributed by atoms with van der Waals surface area (Å²) < 4.78 is 0. The van der Waals surface area contributed by atoms with Crippen molar-refractivity contribution >= 4 is 23.2 Å². The maximum Gasteiger partial charge on any atom is 0.265 e. The van der Waals surface area contributed by atoms with Gasteiger partial charge >= 0.3 is 0 Å². The molecule has 23 heavy (non-hydrogen) atoms. The summed E-state index contributed by atoms with van der Waals surface area (Å²) in [4.78, 5) is 33.9. The molecule has 5 nitrogen and oxygen atoms in total. The summed E-state index contributed by atoms with van der Waals surface area (Å²) in [5.74, 6) is 0.759. The molecule has 1 aromatic rings. The Morgan fingerprint density at radius 3 is 2.57 bits per heavy atom. The molecule has 1 saturated heterocycles. The minimum Gasteiger partial charge on any atom is -0.341 e. The predicted octanol–water partition coefficient (Wildman–Crippen LogP) is 2.89. The Bertz CT molecular complexity index is 566. The lowest BCUT2D eigenvalue weighted by Gasteiger charge is -2.22. The third-order valence-corrected chi connectivity index (χ3v) is 5.80. The first-order valence-corrected chi connectivity index (χ1v) is 9.59. The lowest BCUT2D eigenvalue weighted by molar-refractivity contribution is -0.130. The molecule has 2 aliphatic rings. The number of amides is 2. The van der Waals surface area contributed by atoms with Gasteiger partial charge in [-0.15, -0.1) is 11.3 Å². The van der Waals surface area contributed by atoms with Crippen LogP contribution in [0.3, 0.4) is 0 Å². The molecule has 0 N–H and O–H groups in total. The van der Waals surface area contributed by atoms with Crippen LogP contribution in [0.4, 0.5) is 0 Å². The zero-order valence-electron chi connectivity index (χ0n) is 13.8. The van der Waals surface area contributed by atoms with E-state index in [4.69, 9.17) is 0 Å². The van der Waals surface area contributed by atoms with Gasteiger partial charge in [-0.3, -0.25) is 9.59 Å². The number of aromatic nitrogens is 1. The average molecular weight is 335 g/mol. The Morgan fingerprint density at radius 2 is 1.83 bits per heavy atom. The van der Waals surface area contributed by atoms with Crippen molar-refractivity contribution in [1.29, 1.82) is 0 Å². The van der Waals surface area contributed by atoms with E-state index >= 15 is 0 Å². The SMILES string of the molecule is CCC(=O)N1CCCN(C(=O)c2scnc2C2CCCC2)CC1. The first-order chi connectivity index (χ1) is 11.2. The second-order valence-electron chi connectivity index (χ2n) is 6.43. The van der Waals surface area contributed by atoms with E-state index in [0.717, 1.165) is 42.9 Å². The first-order valence-electron chi connectivity index (χ1n) is 8.71. The fourth-order valence-corrected chi connectivity index (χ4v) is 4.48. The summed E-state index contributed by atoms with van der Waals surface area (Å²) in [6.07, 6.45) is 6.19. The normalized spacial score (nSPS) is 19.9. The molecule has 0 radical (unpaired) electrons. The lowest BCUT2D eigenvalue weighted by Crippen LogP contribution is -2.37. The van der Waals surface area contributed by atoms with Crippen LogP contribution in [0.1, 0.15) is 66.7 Å². The highest BCUT2D eigenvalue weighted by Gasteiger charge is 2.29. The molecule has 0 spiro atoms. The van der Waals surface area contributed by atoms with Gasteiger partial charge in [0.05, 0.1) is 11.2 Å². The summed E-state index contributed by atoms with van der Waals surface area (Å²) in [5, 5.41) is 0. The molecule has 0 bridgehead atoms. The van der Waals surface area contributed by atoms with Crippen molar-refractivity contribution in [2.24, 2.45) is 0 Å². The predicted molar refractivity (Wildman–Crippen MR) is 90.7 cm³/mol. The minimum absolute atomic E-state index is 0.111. The largest absolute Gasteiger partial charge is 0.341 e. The number of carbonyl (C=O) groups excluding carboxylic acids is 2. The van der Waals surface area contributed by atoms with Gasteiger partial charge in [0.25, 0.3) is 5.91 Å². The highest BCUT2D eigenvalue weighted by atomic mass is 32.1. The topological polar surface area (TPSA) is 53.5 Å². The van der Waals surface area contributed by atoms with Gasteiger partial charge in [0.1, 0.15) is 4.88 Å². The van der Waals surface area contributed by atoms with E-state index in [-0.39, 0.29) is 11.8 Å². The Balaban J connectivity index is 1.69. The van der Waals surface area contributed by atoms with Crippen molar-refractivity contribution < 1.29 is 9.59 Å². The lowest BCUT2D eigenvalue weighted by atomic mass is 10.0. The Hall–Kier alpha value is -1.43. The van der Waals surface area contributed by atoms with Crippen LogP contribution in [0, 0.1) is 0 Å². The van der Waals surface area contributed by atoms with Crippen molar-refractivity contribution in [2.75, 3.05) is 26.2 Å². The molecule has 126 valence electrons. The zero-order valence-corrected chi connectivity index (χ0v) is 14.6. The summed E-state index contributed by atoms with van der Waals surface area (Å²) in [5.41, 5.74) is 2.83. The van der Waals surface area contributed by atoms with E-state index in [9.17, 15) is 9.59 Å². The van der Waals surface area contributed by atoms with Crippen molar-refractivity contribution in [3.8, 4) is 0 Å². The number of rotatable bonds is 3. The summed E-state index contributed by atoms with van der Waals surface area (Å²) >= 11 is 1.47. The van der Waals surface area contributed by atoms with Gasteiger partial charge in [-0.1, -0.05) is 19.8 Å². The molecule has 0 aromatic carbocycles. The molecular formula is C17H25N3O2S. The summed E-state index contributed by atoms with van der Waals surface area (Å²) in [7, 11) is 0. The van der Waals surface area contributed by atoms with E-state index in [1.54, 1.807) is 0 Å². The third-order valence-electron chi connectivity index (χ3n) is 4.97. The fourth-order valence-electron chi connectivity index (χ4n) is 3.64. The van der Waals surface area contributed by atoms with Crippen molar-refractivity contribution in [3.63, 3.8) is 0 Å². The molecular weight excluding hydrogens is 310 g/mol. The van der Waals surface area contributed by atoms with E-state index in [0.29, 0.717) is 25.4 Å². The molecule has 2 amide bonds. The first kappa shape index (κ1) is 16.4. The van der Waals surface area contributed by atoms with Crippen LogP contribution >= 0.6 is 11.3 Å². The molecule has 1 aliphatic carbocycles. The van der Waals surface area contributed by atoms with E-state index in [1.807, 2.05) is 22.2 Å². The maximum atomic E-state index is 12.9. The molecule has 1 saturated carbocycles. The maximum absolute atomic E-state index is 12.9. The highest BCUT2D eigenvalue weighted by molar-refractivity contribution is 7.11. The number of hydrogen-bond acceptors (Lipinski definition) is 4.